The lowest BCUT2D eigenvalue weighted by Gasteiger charge is -2.33. The zero-order valence-corrected chi connectivity index (χ0v) is 20.1. The van der Waals surface area contributed by atoms with E-state index in [1.807, 2.05) is 30.3 Å². The lowest BCUT2D eigenvalue weighted by molar-refractivity contribution is -0.210. The standard InChI is InChI=1S/C24H33N3O7/c1-16(25-23(31)34-24(2,3)4)21(29)26-12-8-11-19(26)22(30)27(18-13-20(28)32-15-18)33-14-17-9-6-5-7-10-17/h5-7,9-10,16,18-19H,8,11-15H2,1-4H3,(H,25,31). The van der Waals surface area contributed by atoms with Crippen LogP contribution in [0.4, 0.5) is 4.79 Å². The van der Waals surface area contributed by atoms with Crippen LogP contribution in [-0.2, 0) is 35.3 Å². The second-order valence-corrected chi connectivity index (χ2v) is 9.52. The van der Waals surface area contributed by atoms with Gasteiger partial charge in [-0.1, -0.05) is 30.3 Å². The molecule has 2 aliphatic heterocycles. The van der Waals surface area contributed by atoms with Crippen molar-refractivity contribution in [1.29, 1.82) is 0 Å². The van der Waals surface area contributed by atoms with E-state index in [9.17, 15) is 19.2 Å². The molecule has 3 rings (SSSR count). The molecule has 10 nitrogen and oxygen atoms in total. The average Bonchev–Trinajstić information content (AvgIpc) is 3.42. The van der Waals surface area contributed by atoms with Gasteiger partial charge in [-0.3, -0.25) is 19.2 Å². The van der Waals surface area contributed by atoms with E-state index in [-0.39, 0.29) is 25.5 Å². The van der Waals surface area contributed by atoms with Gasteiger partial charge in [0.2, 0.25) is 5.91 Å². The summed E-state index contributed by atoms with van der Waals surface area (Å²) in [6, 6.07) is 7.14. The van der Waals surface area contributed by atoms with Gasteiger partial charge < -0.3 is 19.7 Å². The molecule has 3 amide bonds. The summed E-state index contributed by atoms with van der Waals surface area (Å²) < 4.78 is 10.3. The number of cyclic esters (lactones) is 1. The first-order valence-electron chi connectivity index (χ1n) is 11.5. The molecule has 0 aromatic heterocycles. The van der Waals surface area contributed by atoms with Crippen molar-refractivity contribution in [1.82, 2.24) is 15.3 Å². The van der Waals surface area contributed by atoms with Crippen LogP contribution in [0, 0.1) is 0 Å². The van der Waals surface area contributed by atoms with Crippen molar-refractivity contribution in [2.75, 3.05) is 13.2 Å². The molecular formula is C24H33N3O7. The molecule has 1 N–H and O–H groups in total. The van der Waals surface area contributed by atoms with Crippen LogP contribution < -0.4 is 5.32 Å². The van der Waals surface area contributed by atoms with E-state index in [4.69, 9.17) is 14.3 Å². The minimum absolute atomic E-state index is 0.0256. The van der Waals surface area contributed by atoms with Gasteiger partial charge in [-0.25, -0.2) is 9.86 Å². The van der Waals surface area contributed by atoms with E-state index in [2.05, 4.69) is 5.32 Å². The van der Waals surface area contributed by atoms with Crippen molar-refractivity contribution in [3.63, 3.8) is 0 Å². The molecule has 0 saturated carbocycles. The molecule has 34 heavy (non-hydrogen) atoms. The fraction of sp³-hybridized carbons (Fsp3) is 0.583. The first-order chi connectivity index (χ1) is 16.0. The molecule has 0 aliphatic carbocycles. The first kappa shape index (κ1) is 25.5. The molecule has 186 valence electrons. The Labute approximate surface area is 199 Å². The number of alkyl carbamates (subject to hydrolysis) is 1. The fourth-order valence-corrected chi connectivity index (χ4v) is 3.95. The molecule has 1 aromatic rings. The number of benzene rings is 1. The highest BCUT2D eigenvalue weighted by Gasteiger charge is 2.43. The molecule has 10 heteroatoms. The normalized spacial score (nSPS) is 21.1. The number of ether oxygens (including phenoxy) is 2. The van der Waals surface area contributed by atoms with Crippen LogP contribution in [0.5, 0.6) is 0 Å². The Kier molecular flexibility index (Phi) is 8.14. The predicted molar refractivity (Wildman–Crippen MR) is 121 cm³/mol. The third-order valence-corrected chi connectivity index (χ3v) is 5.53. The summed E-state index contributed by atoms with van der Waals surface area (Å²) in [5.41, 5.74) is 0.163. The number of likely N-dealkylation sites (tertiary alicyclic amines) is 1. The Bertz CT molecular complexity index is 900. The Morgan fingerprint density at radius 1 is 1.24 bits per heavy atom. The number of carbonyl (C=O) groups is 4. The molecule has 3 atom stereocenters. The van der Waals surface area contributed by atoms with Gasteiger partial charge in [0.1, 0.15) is 36.9 Å². The number of esters is 1. The molecular weight excluding hydrogens is 442 g/mol. The highest BCUT2D eigenvalue weighted by Crippen LogP contribution is 2.24. The van der Waals surface area contributed by atoms with E-state index in [0.717, 1.165) is 5.56 Å². The average molecular weight is 476 g/mol. The number of amides is 3. The number of nitrogens with one attached hydrogen (secondary N) is 1. The summed E-state index contributed by atoms with van der Waals surface area (Å²) in [4.78, 5) is 57.8. The molecule has 2 heterocycles. The van der Waals surface area contributed by atoms with Gasteiger partial charge in [0.15, 0.2) is 0 Å². The van der Waals surface area contributed by atoms with Crippen molar-refractivity contribution in [2.24, 2.45) is 0 Å². The van der Waals surface area contributed by atoms with Crippen molar-refractivity contribution < 1.29 is 33.5 Å². The van der Waals surface area contributed by atoms with Gasteiger partial charge in [-0.2, -0.15) is 0 Å². The van der Waals surface area contributed by atoms with Crippen LogP contribution in [0.3, 0.4) is 0 Å². The highest BCUT2D eigenvalue weighted by atomic mass is 16.7. The molecule has 0 bridgehead atoms. The van der Waals surface area contributed by atoms with Gasteiger partial charge in [-0.05, 0) is 46.1 Å². The van der Waals surface area contributed by atoms with Crippen molar-refractivity contribution >= 4 is 23.9 Å². The SMILES string of the molecule is CC(NC(=O)OC(C)(C)C)C(=O)N1CCCC1C(=O)N(OCc1ccccc1)C1COC(=O)C1. The summed E-state index contributed by atoms with van der Waals surface area (Å²) in [5.74, 6) is -1.20. The maximum atomic E-state index is 13.5. The van der Waals surface area contributed by atoms with Crippen molar-refractivity contribution in [2.45, 2.75) is 77.3 Å². The quantitative estimate of drug-likeness (QED) is 0.475. The zero-order valence-electron chi connectivity index (χ0n) is 20.1. The first-order valence-corrected chi connectivity index (χ1v) is 11.5. The van der Waals surface area contributed by atoms with E-state index in [1.54, 1.807) is 27.7 Å². The Morgan fingerprint density at radius 3 is 2.56 bits per heavy atom. The van der Waals surface area contributed by atoms with E-state index < -0.39 is 41.7 Å². The van der Waals surface area contributed by atoms with Crippen LogP contribution in [0.25, 0.3) is 0 Å². The molecule has 1 aromatic carbocycles. The van der Waals surface area contributed by atoms with Crippen LogP contribution in [0.2, 0.25) is 0 Å². The molecule has 2 fully saturated rings. The van der Waals surface area contributed by atoms with Crippen LogP contribution in [-0.4, -0.2) is 70.7 Å². The zero-order chi connectivity index (χ0) is 24.9. The van der Waals surface area contributed by atoms with E-state index >= 15 is 0 Å². The van der Waals surface area contributed by atoms with Crippen LogP contribution in [0.15, 0.2) is 30.3 Å². The monoisotopic (exact) mass is 475 g/mol. The number of hydroxylamine groups is 2. The number of hydrogen-bond donors (Lipinski definition) is 1. The Balaban J connectivity index is 1.69. The van der Waals surface area contributed by atoms with Gasteiger partial charge in [0.25, 0.3) is 5.91 Å². The Hall–Kier alpha value is -3.14. The van der Waals surface area contributed by atoms with Gasteiger partial charge in [-0.15, -0.1) is 0 Å². The number of hydrogen-bond acceptors (Lipinski definition) is 7. The molecule has 0 spiro atoms. The topological polar surface area (TPSA) is 114 Å². The fourth-order valence-electron chi connectivity index (χ4n) is 3.95. The largest absolute Gasteiger partial charge is 0.463 e. The third-order valence-electron chi connectivity index (χ3n) is 5.53. The van der Waals surface area contributed by atoms with Gasteiger partial charge >= 0.3 is 12.1 Å². The summed E-state index contributed by atoms with van der Waals surface area (Å²) >= 11 is 0. The smallest absolute Gasteiger partial charge is 0.408 e. The van der Waals surface area contributed by atoms with Gasteiger partial charge in [0.05, 0.1) is 6.42 Å². The van der Waals surface area contributed by atoms with Crippen molar-refractivity contribution in [3.05, 3.63) is 35.9 Å². The lowest BCUT2D eigenvalue weighted by Crippen LogP contribution is -2.55. The molecule has 2 aliphatic rings. The number of nitrogens with zero attached hydrogens (tertiary/aromatic N) is 2. The van der Waals surface area contributed by atoms with Crippen molar-refractivity contribution in [3.8, 4) is 0 Å². The maximum absolute atomic E-state index is 13.5. The third kappa shape index (κ3) is 6.69. The Morgan fingerprint density at radius 2 is 1.94 bits per heavy atom. The highest BCUT2D eigenvalue weighted by molar-refractivity contribution is 5.91. The number of carbonyl (C=O) groups excluding carboxylic acids is 4. The van der Waals surface area contributed by atoms with Crippen LogP contribution in [0.1, 0.15) is 52.5 Å². The summed E-state index contributed by atoms with van der Waals surface area (Å²) in [6.45, 7) is 7.30. The molecule has 2 saturated heterocycles. The van der Waals surface area contributed by atoms with Crippen LogP contribution >= 0.6 is 0 Å². The molecule has 3 unspecified atom stereocenters. The summed E-state index contributed by atoms with van der Waals surface area (Å²) in [5, 5.41) is 3.73. The summed E-state index contributed by atoms with van der Waals surface area (Å²) in [6.07, 6.45) is 0.409. The second kappa shape index (κ2) is 10.9. The van der Waals surface area contributed by atoms with E-state index in [1.165, 1.54) is 9.96 Å². The minimum atomic E-state index is -0.877. The number of rotatable bonds is 7. The van der Waals surface area contributed by atoms with E-state index in [0.29, 0.717) is 19.4 Å². The minimum Gasteiger partial charge on any atom is -0.463 e. The summed E-state index contributed by atoms with van der Waals surface area (Å²) in [7, 11) is 0. The maximum Gasteiger partial charge on any atom is 0.408 e. The predicted octanol–water partition coefficient (Wildman–Crippen LogP) is 2.17. The lowest BCUT2D eigenvalue weighted by atomic mass is 10.1. The molecule has 0 radical (unpaired) electrons. The van der Waals surface area contributed by atoms with Gasteiger partial charge in [0, 0.05) is 6.54 Å². The second-order valence-electron chi connectivity index (χ2n) is 9.52.